The van der Waals surface area contributed by atoms with Gasteiger partial charge in [0.2, 0.25) is 0 Å². The van der Waals surface area contributed by atoms with Gasteiger partial charge < -0.3 is 10.0 Å². The third kappa shape index (κ3) is 1.74. The third-order valence-electron chi connectivity index (χ3n) is 3.74. The number of fused-ring (bicyclic) bond motifs is 1. The number of benzene rings is 2. The number of amidine groups is 1. The van der Waals surface area contributed by atoms with Crippen molar-refractivity contribution in [3.05, 3.63) is 65.7 Å². The van der Waals surface area contributed by atoms with Crippen LogP contribution in [0.4, 0.5) is 5.69 Å². The summed E-state index contributed by atoms with van der Waals surface area (Å²) in [5, 5.41) is 19.2. The zero-order valence-electron chi connectivity index (χ0n) is 10.8. The molecule has 0 radical (unpaired) electrons. The summed E-state index contributed by atoms with van der Waals surface area (Å²) >= 11 is 0. The highest BCUT2D eigenvalue weighted by atomic mass is 16.3. The molecule has 1 aliphatic heterocycles. The predicted molar refractivity (Wildman–Crippen MR) is 76.6 cm³/mol. The molecule has 1 aliphatic rings. The second-order valence-electron chi connectivity index (χ2n) is 4.95. The Labute approximate surface area is 112 Å². The largest absolute Gasteiger partial charge is 0.377 e. The maximum absolute atomic E-state index is 11.0. The first-order valence-electron chi connectivity index (χ1n) is 6.31. The Balaban J connectivity index is 2.06. The van der Waals surface area contributed by atoms with Crippen molar-refractivity contribution >= 4 is 11.5 Å². The molecule has 2 aromatic carbocycles. The molecule has 3 rings (SSSR count). The van der Waals surface area contributed by atoms with E-state index < -0.39 is 5.60 Å². The monoisotopic (exact) mass is 252 g/mol. The van der Waals surface area contributed by atoms with Crippen LogP contribution in [0.5, 0.6) is 0 Å². The number of anilines is 1. The summed E-state index contributed by atoms with van der Waals surface area (Å²) in [5.41, 5.74) is 1.52. The SMILES string of the molecule is CN1C(=N)C(O)(Cc2ccccc2)c2ccccc21. The Morgan fingerprint density at radius 1 is 1.05 bits per heavy atom. The van der Waals surface area contributed by atoms with E-state index in [1.54, 1.807) is 4.90 Å². The van der Waals surface area contributed by atoms with Crippen molar-refractivity contribution in [1.29, 1.82) is 5.41 Å². The van der Waals surface area contributed by atoms with Crippen molar-refractivity contribution in [2.24, 2.45) is 0 Å². The lowest BCUT2D eigenvalue weighted by molar-refractivity contribution is 0.114. The summed E-state index contributed by atoms with van der Waals surface area (Å²) in [4.78, 5) is 1.75. The molecule has 2 aromatic rings. The molecule has 0 saturated carbocycles. The fourth-order valence-corrected chi connectivity index (χ4v) is 2.71. The lowest BCUT2D eigenvalue weighted by Crippen LogP contribution is -2.39. The van der Waals surface area contributed by atoms with E-state index in [0.717, 1.165) is 16.8 Å². The molecule has 0 aliphatic carbocycles. The maximum Gasteiger partial charge on any atom is 0.153 e. The molecule has 3 nitrogen and oxygen atoms in total. The van der Waals surface area contributed by atoms with Crippen molar-refractivity contribution in [2.75, 3.05) is 11.9 Å². The van der Waals surface area contributed by atoms with E-state index in [0.29, 0.717) is 6.42 Å². The first-order valence-corrected chi connectivity index (χ1v) is 6.31. The molecule has 3 heteroatoms. The van der Waals surface area contributed by atoms with E-state index in [2.05, 4.69) is 0 Å². The van der Waals surface area contributed by atoms with Gasteiger partial charge in [0.05, 0.1) is 0 Å². The average molecular weight is 252 g/mol. The highest BCUT2D eigenvalue weighted by molar-refractivity contribution is 6.08. The highest BCUT2D eigenvalue weighted by Gasteiger charge is 2.45. The van der Waals surface area contributed by atoms with E-state index in [-0.39, 0.29) is 5.84 Å². The van der Waals surface area contributed by atoms with Crippen molar-refractivity contribution in [2.45, 2.75) is 12.0 Å². The zero-order valence-corrected chi connectivity index (χ0v) is 10.8. The lowest BCUT2D eigenvalue weighted by Gasteiger charge is -2.24. The fourth-order valence-electron chi connectivity index (χ4n) is 2.71. The second-order valence-corrected chi connectivity index (χ2v) is 4.95. The van der Waals surface area contributed by atoms with Gasteiger partial charge in [0.1, 0.15) is 5.84 Å². The molecule has 0 bridgehead atoms. The standard InChI is InChI=1S/C16H16N2O/c1-18-14-10-6-5-9-13(14)16(19,15(18)17)11-12-7-3-2-4-8-12/h2-10,17,19H,11H2,1H3. The van der Waals surface area contributed by atoms with Crippen LogP contribution in [-0.4, -0.2) is 18.0 Å². The number of rotatable bonds is 2. The molecule has 0 spiro atoms. The molecule has 1 atom stereocenters. The number of para-hydroxylation sites is 1. The summed E-state index contributed by atoms with van der Waals surface area (Å²) < 4.78 is 0. The summed E-state index contributed by atoms with van der Waals surface area (Å²) in [7, 11) is 1.82. The van der Waals surface area contributed by atoms with Gasteiger partial charge in [-0.2, -0.15) is 0 Å². The van der Waals surface area contributed by atoms with Crippen LogP contribution in [-0.2, 0) is 12.0 Å². The number of nitrogens with zero attached hydrogens (tertiary/aromatic N) is 1. The quantitative estimate of drug-likeness (QED) is 0.863. The van der Waals surface area contributed by atoms with Crippen LogP contribution in [0.3, 0.4) is 0 Å². The molecular weight excluding hydrogens is 236 g/mol. The molecule has 2 N–H and O–H groups in total. The number of likely N-dealkylation sites (N-methyl/N-ethyl adjacent to an activating group) is 1. The fraction of sp³-hybridized carbons (Fsp3) is 0.188. The Morgan fingerprint density at radius 3 is 2.42 bits per heavy atom. The second kappa shape index (κ2) is 4.21. The average Bonchev–Trinajstić information content (AvgIpc) is 2.63. The van der Waals surface area contributed by atoms with E-state index in [9.17, 15) is 5.11 Å². The zero-order chi connectivity index (χ0) is 13.5. The third-order valence-corrected chi connectivity index (χ3v) is 3.74. The number of hydrogen-bond acceptors (Lipinski definition) is 2. The number of nitrogens with one attached hydrogen (secondary N) is 1. The van der Waals surface area contributed by atoms with Crippen molar-refractivity contribution in [1.82, 2.24) is 0 Å². The van der Waals surface area contributed by atoms with Gasteiger partial charge in [0, 0.05) is 24.7 Å². The summed E-state index contributed by atoms with van der Waals surface area (Å²) in [6.45, 7) is 0. The summed E-state index contributed by atoms with van der Waals surface area (Å²) in [6.07, 6.45) is 0.425. The van der Waals surface area contributed by atoms with Gasteiger partial charge in [-0.05, 0) is 11.6 Å². The normalized spacial score (nSPS) is 21.6. The molecule has 1 heterocycles. The Hall–Kier alpha value is -2.13. The lowest BCUT2D eigenvalue weighted by atomic mass is 9.88. The molecule has 1 unspecified atom stereocenters. The molecular formula is C16H16N2O. The maximum atomic E-state index is 11.0. The van der Waals surface area contributed by atoms with Gasteiger partial charge in [0.25, 0.3) is 0 Å². The van der Waals surface area contributed by atoms with Crippen LogP contribution in [0.15, 0.2) is 54.6 Å². The Bertz CT molecular complexity index is 624. The van der Waals surface area contributed by atoms with Gasteiger partial charge >= 0.3 is 0 Å². The molecule has 0 aromatic heterocycles. The van der Waals surface area contributed by atoms with Crippen molar-refractivity contribution < 1.29 is 5.11 Å². The number of aliphatic hydroxyl groups is 1. The molecule has 0 saturated heterocycles. The van der Waals surface area contributed by atoms with Crippen LogP contribution >= 0.6 is 0 Å². The van der Waals surface area contributed by atoms with Gasteiger partial charge in [-0.15, -0.1) is 0 Å². The Morgan fingerprint density at radius 2 is 1.68 bits per heavy atom. The van der Waals surface area contributed by atoms with E-state index in [1.807, 2.05) is 61.6 Å². The van der Waals surface area contributed by atoms with Gasteiger partial charge in [-0.25, -0.2) is 0 Å². The topological polar surface area (TPSA) is 47.3 Å². The van der Waals surface area contributed by atoms with Crippen LogP contribution in [0.25, 0.3) is 0 Å². The first-order chi connectivity index (χ1) is 9.13. The molecule has 19 heavy (non-hydrogen) atoms. The van der Waals surface area contributed by atoms with Gasteiger partial charge in [-0.3, -0.25) is 5.41 Å². The van der Waals surface area contributed by atoms with Crippen LogP contribution in [0.1, 0.15) is 11.1 Å². The molecule has 96 valence electrons. The minimum Gasteiger partial charge on any atom is -0.377 e. The van der Waals surface area contributed by atoms with Crippen molar-refractivity contribution in [3.63, 3.8) is 0 Å². The smallest absolute Gasteiger partial charge is 0.153 e. The minimum atomic E-state index is -1.23. The van der Waals surface area contributed by atoms with Crippen LogP contribution in [0.2, 0.25) is 0 Å². The number of hydrogen-bond donors (Lipinski definition) is 2. The van der Waals surface area contributed by atoms with Gasteiger partial charge in [-0.1, -0.05) is 48.5 Å². The summed E-state index contributed by atoms with van der Waals surface area (Å²) in [6, 6.07) is 17.5. The predicted octanol–water partition coefficient (Wildman–Crippen LogP) is 2.54. The van der Waals surface area contributed by atoms with E-state index in [1.165, 1.54) is 0 Å². The minimum absolute atomic E-state index is 0.234. The molecule has 0 fully saturated rings. The van der Waals surface area contributed by atoms with Crippen LogP contribution < -0.4 is 4.90 Å². The van der Waals surface area contributed by atoms with E-state index in [4.69, 9.17) is 5.41 Å². The Kier molecular flexibility index (Phi) is 2.64. The first kappa shape index (κ1) is 11.9. The highest BCUT2D eigenvalue weighted by Crippen LogP contribution is 2.41. The van der Waals surface area contributed by atoms with Crippen molar-refractivity contribution in [3.8, 4) is 0 Å². The molecule has 0 amide bonds. The van der Waals surface area contributed by atoms with Crippen LogP contribution in [0, 0.1) is 5.41 Å². The summed E-state index contributed by atoms with van der Waals surface area (Å²) in [5.74, 6) is 0.234. The van der Waals surface area contributed by atoms with E-state index >= 15 is 0 Å². The van der Waals surface area contributed by atoms with Gasteiger partial charge in [0.15, 0.2) is 5.60 Å².